The first-order valence-electron chi connectivity index (χ1n) is 10.1. The van der Waals surface area contributed by atoms with Gasteiger partial charge in [-0.25, -0.2) is 22.0 Å². The molecular weight excluding hydrogens is 442 g/mol. The normalized spacial score (nSPS) is 19.4. The van der Waals surface area contributed by atoms with Crippen molar-refractivity contribution in [2.24, 2.45) is 11.8 Å². The molecule has 1 N–H and O–H groups in total. The van der Waals surface area contributed by atoms with E-state index in [1.165, 1.54) is 28.6 Å². The maximum atomic E-state index is 13.2. The zero-order valence-electron chi connectivity index (χ0n) is 17.7. The van der Waals surface area contributed by atoms with Gasteiger partial charge in [-0.05, 0) is 60.7 Å². The lowest BCUT2D eigenvalue weighted by atomic mass is 9.94. The highest BCUT2D eigenvalue weighted by molar-refractivity contribution is 7.89. The minimum atomic E-state index is -3.64. The molecule has 32 heavy (non-hydrogen) atoms. The van der Waals surface area contributed by atoms with Gasteiger partial charge in [-0.2, -0.15) is 4.31 Å². The van der Waals surface area contributed by atoms with Gasteiger partial charge in [-0.15, -0.1) is 0 Å². The van der Waals surface area contributed by atoms with Crippen molar-refractivity contribution >= 4 is 27.6 Å². The van der Waals surface area contributed by atoms with Crippen molar-refractivity contribution in [3.05, 3.63) is 59.7 Å². The second kappa shape index (κ2) is 9.74. The molecule has 1 aliphatic heterocycles. The van der Waals surface area contributed by atoms with Gasteiger partial charge in [0.25, 0.3) is 5.91 Å². The zero-order valence-corrected chi connectivity index (χ0v) is 18.5. The van der Waals surface area contributed by atoms with Crippen LogP contribution >= 0.6 is 0 Å². The van der Waals surface area contributed by atoms with Crippen molar-refractivity contribution in [2.75, 3.05) is 25.0 Å². The van der Waals surface area contributed by atoms with Crippen LogP contribution in [-0.2, 0) is 19.6 Å². The number of rotatable bonds is 6. The lowest BCUT2D eigenvalue weighted by Crippen LogP contribution is -2.42. The number of carbonyl (C=O) groups is 2. The summed E-state index contributed by atoms with van der Waals surface area (Å²) in [7, 11) is -3.64. The van der Waals surface area contributed by atoms with Gasteiger partial charge in [0, 0.05) is 18.8 Å². The van der Waals surface area contributed by atoms with Gasteiger partial charge in [-0.3, -0.25) is 4.79 Å². The Kier molecular flexibility index (Phi) is 7.25. The summed E-state index contributed by atoms with van der Waals surface area (Å²) >= 11 is 0. The first-order chi connectivity index (χ1) is 15.1. The second-order valence-electron chi connectivity index (χ2n) is 8.05. The van der Waals surface area contributed by atoms with Gasteiger partial charge in [-0.1, -0.05) is 13.8 Å². The molecular formula is C22H24F2N2O5S. The van der Waals surface area contributed by atoms with Crippen molar-refractivity contribution in [3.8, 4) is 0 Å². The maximum Gasteiger partial charge on any atom is 0.338 e. The Morgan fingerprint density at radius 1 is 1.03 bits per heavy atom. The number of amides is 1. The monoisotopic (exact) mass is 466 g/mol. The van der Waals surface area contributed by atoms with Gasteiger partial charge >= 0.3 is 5.97 Å². The highest BCUT2D eigenvalue weighted by Gasteiger charge is 2.31. The molecule has 10 heteroatoms. The fourth-order valence-corrected chi connectivity index (χ4v) is 5.38. The minimum Gasteiger partial charge on any atom is -0.452 e. The van der Waals surface area contributed by atoms with E-state index >= 15 is 0 Å². The summed E-state index contributed by atoms with van der Waals surface area (Å²) in [6, 6.07) is 8.20. The second-order valence-corrected chi connectivity index (χ2v) is 9.98. The molecule has 0 aliphatic carbocycles. The molecule has 2 aromatic rings. The van der Waals surface area contributed by atoms with Crippen LogP contribution < -0.4 is 5.32 Å². The molecule has 7 nitrogen and oxygen atoms in total. The van der Waals surface area contributed by atoms with Crippen molar-refractivity contribution in [1.29, 1.82) is 0 Å². The molecule has 1 fully saturated rings. The number of carbonyl (C=O) groups excluding carboxylic acids is 2. The number of nitrogens with one attached hydrogen (secondary N) is 1. The molecule has 0 saturated carbocycles. The smallest absolute Gasteiger partial charge is 0.338 e. The average molecular weight is 467 g/mol. The molecule has 0 aromatic heterocycles. The third-order valence-electron chi connectivity index (χ3n) is 5.10. The van der Waals surface area contributed by atoms with E-state index in [4.69, 9.17) is 4.74 Å². The minimum absolute atomic E-state index is 0.126. The van der Waals surface area contributed by atoms with Crippen LogP contribution in [0.2, 0.25) is 0 Å². The van der Waals surface area contributed by atoms with Gasteiger partial charge in [0.05, 0.1) is 10.5 Å². The Balaban J connectivity index is 1.57. The fourth-order valence-electron chi connectivity index (χ4n) is 3.70. The van der Waals surface area contributed by atoms with E-state index in [1.54, 1.807) is 0 Å². The highest BCUT2D eigenvalue weighted by atomic mass is 32.2. The standard InChI is InChI=1S/C22H24F2N2O5S/c1-14-9-15(2)12-26(11-14)32(29,30)18-6-4-17(5-7-18)25-21(27)13-31-22(28)16-3-8-19(23)20(24)10-16/h3-8,10,14-15H,9,11-13H2,1-2H3,(H,25,27). The van der Waals surface area contributed by atoms with Crippen molar-refractivity contribution in [1.82, 2.24) is 4.31 Å². The van der Waals surface area contributed by atoms with E-state index in [0.29, 0.717) is 24.8 Å². The van der Waals surface area contributed by atoms with E-state index in [2.05, 4.69) is 5.32 Å². The first kappa shape index (κ1) is 23.8. The zero-order chi connectivity index (χ0) is 23.5. The number of hydrogen-bond donors (Lipinski definition) is 1. The third-order valence-corrected chi connectivity index (χ3v) is 6.95. The Bertz CT molecular complexity index is 1100. The number of ether oxygens (including phenoxy) is 1. The van der Waals surface area contributed by atoms with Crippen LogP contribution in [-0.4, -0.2) is 44.3 Å². The lowest BCUT2D eigenvalue weighted by molar-refractivity contribution is -0.119. The van der Waals surface area contributed by atoms with E-state index in [9.17, 15) is 26.8 Å². The number of halogens is 2. The Morgan fingerprint density at radius 3 is 2.25 bits per heavy atom. The van der Waals surface area contributed by atoms with Crippen LogP contribution in [0.1, 0.15) is 30.6 Å². The quantitative estimate of drug-likeness (QED) is 0.659. The van der Waals surface area contributed by atoms with Crippen LogP contribution in [0.5, 0.6) is 0 Å². The van der Waals surface area contributed by atoms with Gasteiger partial charge in [0.2, 0.25) is 10.0 Å². The molecule has 0 bridgehead atoms. The molecule has 1 amide bonds. The number of esters is 1. The summed E-state index contributed by atoms with van der Waals surface area (Å²) in [5.41, 5.74) is 0.0887. The molecule has 1 aliphatic rings. The van der Waals surface area contributed by atoms with E-state index in [0.717, 1.165) is 18.6 Å². The Morgan fingerprint density at radius 2 is 1.66 bits per heavy atom. The highest BCUT2D eigenvalue weighted by Crippen LogP contribution is 2.27. The average Bonchev–Trinajstić information content (AvgIpc) is 2.73. The molecule has 1 saturated heterocycles. The number of piperidine rings is 1. The van der Waals surface area contributed by atoms with Crippen LogP contribution in [0.3, 0.4) is 0 Å². The van der Waals surface area contributed by atoms with Gasteiger partial charge < -0.3 is 10.1 Å². The van der Waals surface area contributed by atoms with Crippen LogP contribution in [0.4, 0.5) is 14.5 Å². The molecule has 1 heterocycles. The van der Waals surface area contributed by atoms with Crippen LogP contribution in [0.15, 0.2) is 47.4 Å². The molecule has 2 unspecified atom stereocenters. The molecule has 172 valence electrons. The third kappa shape index (κ3) is 5.68. The number of nitrogens with zero attached hydrogens (tertiary/aromatic N) is 1. The summed E-state index contributed by atoms with van der Waals surface area (Å²) in [5, 5.41) is 2.48. The van der Waals surface area contributed by atoms with Crippen molar-refractivity contribution in [3.63, 3.8) is 0 Å². The summed E-state index contributed by atoms with van der Waals surface area (Å²) in [5.74, 6) is -3.40. The van der Waals surface area contributed by atoms with Crippen LogP contribution in [0.25, 0.3) is 0 Å². The number of hydrogen-bond acceptors (Lipinski definition) is 5. The number of anilines is 1. The Labute approximate surface area is 185 Å². The van der Waals surface area contributed by atoms with Gasteiger partial charge in [0.15, 0.2) is 18.2 Å². The predicted octanol–water partition coefficient (Wildman–Crippen LogP) is 3.43. The van der Waals surface area contributed by atoms with Crippen molar-refractivity contribution in [2.45, 2.75) is 25.2 Å². The lowest BCUT2D eigenvalue weighted by Gasteiger charge is -2.34. The fraction of sp³-hybridized carbons (Fsp3) is 0.364. The summed E-state index contributed by atoms with van der Waals surface area (Å²) in [4.78, 5) is 24.0. The molecule has 2 atom stereocenters. The molecule has 2 aromatic carbocycles. The van der Waals surface area contributed by atoms with Crippen LogP contribution in [0, 0.1) is 23.5 Å². The molecule has 3 rings (SSSR count). The topological polar surface area (TPSA) is 92.8 Å². The molecule has 0 radical (unpaired) electrons. The van der Waals surface area contributed by atoms with E-state index in [1.807, 2.05) is 13.8 Å². The maximum absolute atomic E-state index is 13.2. The number of sulfonamides is 1. The summed E-state index contributed by atoms with van der Waals surface area (Å²) in [6.45, 7) is 4.33. The Hall–Kier alpha value is -2.85. The van der Waals surface area contributed by atoms with Gasteiger partial charge in [0.1, 0.15) is 0 Å². The summed E-state index contributed by atoms with van der Waals surface area (Å²) in [6.07, 6.45) is 0.984. The number of benzene rings is 2. The van der Waals surface area contributed by atoms with E-state index in [-0.39, 0.29) is 22.3 Å². The predicted molar refractivity (Wildman–Crippen MR) is 113 cm³/mol. The summed E-state index contributed by atoms with van der Waals surface area (Å²) < 4.78 is 58.2. The van der Waals surface area contributed by atoms with Crippen molar-refractivity contribution < 1.29 is 31.5 Å². The van der Waals surface area contributed by atoms with E-state index < -0.39 is 40.1 Å². The molecule has 0 spiro atoms. The SMILES string of the molecule is CC1CC(C)CN(S(=O)(=O)c2ccc(NC(=O)COC(=O)c3ccc(F)c(F)c3)cc2)C1. The largest absolute Gasteiger partial charge is 0.452 e. The first-order valence-corrected chi connectivity index (χ1v) is 11.5.